The predicted octanol–water partition coefficient (Wildman–Crippen LogP) is 0.694. The molecule has 0 amide bonds. The molecule has 0 saturated carbocycles. The van der Waals surface area contributed by atoms with E-state index in [1.54, 1.807) is 19.1 Å². The third-order valence-corrected chi connectivity index (χ3v) is 2.37. The zero-order valence-corrected chi connectivity index (χ0v) is 8.34. The summed E-state index contributed by atoms with van der Waals surface area (Å²) in [6, 6.07) is 6.05. The number of sulfonamides is 1. The molecule has 0 radical (unpaired) electrons. The van der Waals surface area contributed by atoms with Crippen LogP contribution in [0.3, 0.4) is 0 Å². The van der Waals surface area contributed by atoms with Crippen LogP contribution in [0.25, 0.3) is 0 Å². The topological polar surface area (TPSA) is 69.4 Å². The molecule has 0 fully saturated rings. The molecule has 5 heteroatoms. The summed E-state index contributed by atoms with van der Waals surface area (Å²) >= 11 is 0. The molecule has 0 bridgehead atoms. The fraction of sp³-hybridized carbons (Fsp3) is 0.111. The van der Waals surface area contributed by atoms with E-state index in [1.807, 2.05) is 0 Å². The minimum Gasteiger partial charge on any atom is -0.406 e. The van der Waals surface area contributed by atoms with Gasteiger partial charge in [0, 0.05) is 6.92 Å². The van der Waals surface area contributed by atoms with Gasteiger partial charge in [0.15, 0.2) is 5.75 Å². The van der Waals surface area contributed by atoms with Gasteiger partial charge in [-0.1, -0.05) is 18.1 Å². The van der Waals surface area contributed by atoms with Gasteiger partial charge in [0.25, 0.3) is 0 Å². The quantitative estimate of drug-likeness (QED) is 0.732. The normalized spacial score (nSPS) is 10.1. The molecule has 1 rings (SSSR count). The van der Waals surface area contributed by atoms with Crippen molar-refractivity contribution in [3.63, 3.8) is 0 Å². The van der Waals surface area contributed by atoms with Crippen LogP contribution in [0.2, 0.25) is 0 Å². The Kier molecular flexibility index (Phi) is 3.12. The van der Waals surface area contributed by atoms with Gasteiger partial charge in [-0.3, -0.25) is 0 Å². The van der Waals surface area contributed by atoms with E-state index in [4.69, 9.17) is 9.88 Å². The van der Waals surface area contributed by atoms with Gasteiger partial charge in [-0.25, -0.2) is 13.6 Å². The van der Waals surface area contributed by atoms with E-state index in [-0.39, 0.29) is 10.6 Å². The number of ether oxygens (including phenoxy) is 1. The second-order valence-electron chi connectivity index (χ2n) is 2.45. The van der Waals surface area contributed by atoms with E-state index in [0.29, 0.717) is 0 Å². The van der Waals surface area contributed by atoms with E-state index in [9.17, 15) is 8.42 Å². The average Bonchev–Trinajstić information content (AvgIpc) is 2.14. The Bertz CT molecular complexity index is 482. The van der Waals surface area contributed by atoms with Crippen LogP contribution in [-0.4, -0.2) is 8.42 Å². The summed E-state index contributed by atoms with van der Waals surface area (Å²) in [5.74, 6) is 2.63. The standard InChI is InChI=1S/C9H9NO3S/c1-2-7-13-8-5-3-4-6-9(8)14(10,11)12/h3-6H,1H3,(H2,10,11,12). The Morgan fingerprint density at radius 3 is 2.57 bits per heavy atom. The highest BCUT2D eigenvalue weighted by molar-refractivity contribution is 7.89. The van der Waals surface area contributed by atoms with Crippen LogP contribution >= 0.6 is 0 Å². The summed E-state index contributed by atoms with van der Waals surface area (Å²) in [5, 5.41) is 4.97. The molecule has 0 atom stereocenters. The molecule has 1 aromatic carbocycles. The van der Waals surface area contributed by atoms with Crippen LogP contribution in [0.1, 0.15) is 6.92 Å². The highest BCUT2D eigenvalue weighted by Crippen LogP contribution is 2.21. The molecule has 2 N–H and O–H groups in total. The lowest BCUT2D eigenvalue weighted by Crippen LogP contribution is -2.13. The van der Waals surface area contributed by atoms with Gasteiger partial charge in [-0.15, -0.1) is 0 Å². The molecular formula is C9H9NO3S. The molecule has 0 aromatic heterocycles. The van der Waals surface area contributed by atoms with Crippen molar-refractivity contribution in [3.05, 3.63) is 24.3 Å². The monoisotopic (exact) mass is 211 g/mol. The number of benzene rings is 1. The van der Waals surface area contributed by atoms with Crippen molar-refractivity contribution in [2.75, 3.05) is 0 Å². The predicted molar refractivity (Wildman–Crippen MR) is 51.9 cm³/mol. The number of nitrogens with two attached hydrogens (primary N) is 1. The van der Waals surface area contributed by atoms with Crippen molar-refractivity contribution >= 4 is 10.0 Å². The van der Waals surface area contributed by atoms with Crippen LogP contribution < -0.4 is 9.88 Å². The Balaban J connectivity index is 3.21. The van der Waals surface area contributed by atoms with Gasteiger partial charge in [-0.2, -0.15) is 0 Å². The first-order valence-electron chi connectivity index (χ1n) is 3.76. The lowest BCUT2D eigenvalue weighted by molar-refractivity contribution is 0.501. The van der Waals surface area contributed by atoms with Crippen molar-refractivity contribution in [1.82, 2.24) is 0 Å². The highest BCUT2D eigenvalue weighted by atomic mass is 32.2. The zero-order valence-electron chi connectivity index (χ0n) is 7.52. The minimum atomic E-state index is -3.76. The number of rotatable bonds is 2. The third kappa shape index (κ3) is 2.49. The third-order valence-electron chi connectivity index (χ3n) is 1.42. The van der Waals surface area contributed by atoms with E-state index in [0.717, 1.165) is 0 Å². The maximum atomic E-state index is 11.1. The Hall–Kier alpha value is -1.51. The maximum Gasteiger partial charge on any atom is 0.241 e. The van der Waals surface area contributed by atoms with Crippen LogP contribution in [0, 0.1) is 12.0 Å². The van der Waals surface area contributed by atoms with Gasteiger partial charge in [0.05, 0.1) is 0 Å². The molecule has 74 valence electrons. The summed E-state index contributed by atoms with van der Waals surface area (Å²) in [5.41, 5.74) is 0. The second-order valence-corrected chi connectivity index (χ2v) is 3.98. The van der Waals surface area contributed by atoms with Crippen LogP contribution in [-0.2, 0) is 10.0 Å². The molecule has 1 aromatic rings. The number of primary sulfonamides is 1. The minimum absolute atomic E-state index is 0.0669. The number of hydrogen-bond acceptors (Lipinski definition) is 3. The smallest absolute Gasteiger partial charge is 0.241 e. The van der Waals surface area contributed by atoms with Crippen molar-refractivity contribution in [2.24, 2.45) is 5.14 Å². The summed E-state index contributed by atoms with van der Waals surface area (Å²) in [6.45, 7) is 1.58. The van der Waals surface area contributed by atoms with Crippen molar-refractivity contribution in [1.29, 1.82) is 0 Å². The van der Waals surface area contributed by atoms with Gasteiger partial charge in [0.1, 0.15) is 11.0 Å². The number of para-hydroxylation sites is 1. The fourth-order valence-corrected chi connectivity index (χ4v) is 1.53. The Labute approximate surface area is 82.7 Å². The second kappa shape index (κ2) is 4.13. The molecule has 4 nitrogen and oxygen atoms in total. The molecule has 0 spiro atoms. The van der Waals surface area contributed by atoms with Gasteiger partial charge in [0.2, 0.25) is 10.0 Å². The van der Waals surface area contributed by atoms with Crippen LogP contribution in [0.5, 0.6) is 5.75 Å². The fourth-order valence-electron chi connectivity index (χ4n) is 0.876. The van der Waals surface area contributed by atoms with Gasteiger partial charge in [-0.05, 0) is 12.1 Å². The average molecular weight is 211 g/mol. The summed E-state index contributed by atoms with van der Waals surface area (Å²) < 4.78 is 27.0. The molecule has 0 saturated heterocycles. The van der Waals surface area contributed by atoms with E-state index < -0.39 is 10.0 Å². The van der Waals surface area contributed by atoms with Crippen molar-refractivity contribution in [3.8, 4) is 17.8 Å². The largest absolute Gasteiger partial charge is 0.406 e. The van der Waals surface area contributed by atoms with E-state index in [2.05, 4.69) is 12.0 Å². The first-order chi connectivity index (χ1) is 6.55. The summed E-state index contributed by atoms with van der Waals surface area (Å²) in [6.07, 6.45) is 2.31. The Morgan fingerprint density at radius 2 is 2.00 bits per heavy atom. The van der Waals surface area contributed by atoms with Gasteiger partial charge >= 0.3 is 0 Å². The lowest BCUT2D eigenvalue weighted by atomic mass is 10.3. The van der Waals surface area contributed by atoms with Crippen molar-refractivity contribution in [2.45, 2.75) is 11.8 Å². The SMILES string of the molecule is CC#COc1ccccc1S(N)(=O)=O. The van der Waals surface area contributed by atoms with E-state index in [1.165, 1.54) is 12.1 Å². The summed E-state index contributed by atoms with van der Waals surface area (Å²) in [7, 11) is -3.76. The molecular weight excluding hydrogens is 202 g/mol. The first kappa shape index (κ1) is 10.6. The molecule has 0 heterocycles. The van der Waals surface area contributed by atoms with Crippen molar-refractivity contribution < 1.29 is 13.2 Å². The Morgan fingerprint density at radius 1 is 1.36 bits per heavy atom. The van der Waals surface area contributed by atoms with E-state index >= 15 is 0 Å². The highest BCUT2D eigenvalue weighted by Gasteiger charge is 2.13. The molecule has 0 aliphatic heterocycles. The number of hydrogen-bond donors (Lipinski definition) is 1. The molecule has 0 aliphatic carbocycles. The van der Waals surface area contributed by atoms with Gasteiger partial charge < -0.3 is 4.74 Å². The molecule has 0 aliphatic rings. The van der Waals surface area contributed by atoms with Crippen LogP contribution in [0.4, 0.5) is 0 Å². The summed E-state index contributed by atoms with van der Waals surface area (Å²) in [4.78, 5) is -0.0669. The molecule has 14 heavy (non-hydrogen) atoms. The molecule has 0 unspecified atom stereocenters. The maximum absolute atomic E-state index is 11.1. The van der Waals surface area contributed by atoms with Crippen LogP contribution in [0.15, 0.2) is 29.2 Å². The lowest BCUT2D eigenvalue weighted by Gasteiger charge is -2.03. The zero-order chi connectivity index (χ0) is 10.6. The first-order valence-corrected chi connectivity index (χ1v) is 5.31.